The summed E-state index contributed by atoms with van der Waals surface area (Å²) in [5, 5.41) is 6.49. The SMILES string of the molecule is COc1ccc2nc(N(/N=C/c3ccccc3)C(=O)c3cc4ccccc4oc3=O)sc2c1. The summed E-state index contributed by atoms with van der Waals surface area (Å²) < 4.78 is 11.5. The highest BCUT2D eigenvalue weighted by atomic mass is 32.1. The molecule has 0 aliphatic carbocycles. The van der Waals surface area contributed by atoms with Crippen molar-refractivity contribution in [1.82, 2.24) is 4.98 Å². The number of carbonyl (C=O) groups excluding carboxylic acids is 1. The maximum absolute atomic E-state index is 13.5. The number of rotatable bonds is 5. The first-order chi connectivity index (χ1) is 16.1. The molecule has 2 aromatic heterocycles. The van der Waals surface area contributed by atoms with Gasteiger partial charge in [-0.1, -0.05) is 59.9 Å². The second kappa shape index (κ2) is 8.68. The molecule has 0 radical (unpaired) electrons. The van der Waals surface area contributed by atoms with Gasteiger partial charge in [0.25, 0.3) is 5.91 Å². The Morgan fingerprint density at radius 3 is 2.67 bits per heavy atom. The van der Waals surface area contributed by atoms with Crippen LogP contribution in [0.5, 0.6) is 5.75 Å². The number of hydrogen-bond donors (Lipinski definition) is 0. The average Bonchev–Trinajstić information content (AvgIpc) is 3.27. The Hall–Kier alpha value is -4.30. The molecule has 0 saturated heterocycles. The number of amides is 1. The minimum Gasteiger partial charge on any atom is -0.497 e. The topological polar surface area (TPSA) is 85.0 Å². The number of nitrogens with zero attached hydrogens (tertiary/aromatic N) is 3. The molecular formula is C25H17N3O4S. The molecule has 2 heterocycles. The van der Waals surface area contributed by atoms with Crippen molar-refractivity contribution in [3.8, 4) is 5.75 Å². The molecule has 0 N–H and O–H groups in total. The lowest BCUT2D eigenvalue weighted by molar-refractivity contribution is 0.0984. The molecule has 0 spiro atoms. The summed E-state index contributed by atoms with van der Waals surface area (Å²) in [6.07, 6.45) is 1.55. The Morgan fingerprint density at radius 1 is 1.06 bits per heavy atom. The summed E-state index contributed by atoms with van der Waals surface area (Å²) in [4.78, 5) is 30.7. The molecule has 7 nitrogen and oxygen atoms in total. The molecule has 33 heavy (non-hydrogen) atoms. The molecule has 3 aromatic carbocycles. The lowest BCUT2D eigenvalue weighted by Crippen LogP contribution is -2.30. The third-order valence-corrected chi connectivity index (χ3v) is 5.95. The van der Waals surface area contributed by atoms with E-state index in [0.29, 0.717) is 27.4 Å². The summed E-state index contributed by atoms with van der Waals surface area (Å²) in [7, 11) is 1.59. The first-order valence-electron chi connectivity index (χ1n) is 10.0. The molecule has 5 rings (SSSR count). The number of para-hydroxylation sites is 1. The van der Waals surface area contributed by atoms with Crippen molar-refractivity contribution in [2.75, 3.05) is 12.1 Å². The number of anilines is 1. The number of carbonyl (C=O) groups is 1. The van der Waals surface area contributed by atoms with Crippen LogP contribution in [0.25, 0.3) is 21.2 Å². The van der Waals surface area contributed by atoms with Gasteiger partial charge in [0.1, 0.15) is 16.9 Å². The van der Waals surface area contributed by atoms with Gasteiger partial charge in [0, 0.05) is 5.39 Å². The van der Waals surface area contributed by atoms with Gasteiger partial charge in [-0.25, -0.2) is 9.78 Å². The van der Waals surface area contributed by atoms with Crippen LogP contribution in [0, 0.1) is 0 Å². The van der Waals surface area contributed by atoms with Crippen LogP contribution in [0.4, 0.5) is 5.13 Å². The van der Waals surface area contributed by atoms with E-state index in [-0.39, 0.29) is 5.56 Å². The monoisotopic (exact) mass is 455 g/mol. The minimum absolute atomic E-state index is 0.129. The van der Waals surface area contributed by atoms with Crippen molar-refractivity contribution in [1.29, 1.82) is 0 Å². The molecule has 0 aliphatic heterocycles. The number of thiazole rings is 1. The predicted octanol–water partition coefficient (Wildman–Crippen LogP) is 5.09. The summed E-state index contributed by atoms with van der Waals surface area (Å²) in [6.45, 7) is 0. The largest absolute Gasteiger partial charge is 0.497 e. The predicted molar refractivity (Wildman–Crippen MR) is 130 cm³/mol. The van der Waals surface area contributed by atoms with Crippen LogP contribution in [-0.2, 0) is 0 Å². The van der Waals surface area contributed by atoms with E-state index in [1.165, 1.54) is 17.4 Å². The Morgan fingerprint density at radius 2 is 1.85 bits per heavy atom. The van der Waals surface area contributed by atoms with E-state index in [1.807, 2.05) is 48.5 Å². The van der Waals surface area contributed by atoms with E-state index in [1.54, 1.807) is 37.6 Å². The molecule has 0 saturated carbocycles. The van der Waals surface area contributed by atoms with Gasteiger partial charge >= 0.3 is 5.63 Å². The van der Waals surface area contributed by atoms with Crippen molar-refractivity contribution in [3.63, 3.8) is 0 Å². The van der Waals surface area contributed by atoms with E-state index < -0.39 is 11.5 Å². The van der Waals surface area contributed by atoms with Crippen molar-refractivity contribution in [2.45, 2.75) is 0 Å². The maximum atomic E-state index is 13.5. The minimum atomic E-state index is -0.735. The fraction of sp³-hybridized carbons (Fsp3) is 0.0400. The molecule has 0 bridgehead atoms. The van der Waals surface area contributed by atoms with E-state index >= 15 is 0 Å². The van der Waals surface area contributed by atoms with Crippen LogP contribution in [0.2, 0.25) is 0 Å². The van der Waals surface area contributed by atoms with Crippen LogP contribution < -0.4 is 15.4 Å². The highest BCUT2D eigenvalue weighted by molar-refractivity contribution is 7.22. The van der Waals surface area contributed by atoms with E-state index in [2.05, 4.69) is 10.1 Å². The van der Waals surface area contributed by atoms with Gasteiger partial charge in [-0.15, -0.1) is 0 Å². The number of hydrogen-bond acceptors (Lipinski definition) is 7. The molecule has 0 aliphatic rings. The van der Waals surface area contributed by atoms with Gasteiger partial charge in [-0.05, 0) is 35.9 Å². The molecule has 1 amide bonds. The second-order valence-electron chi connectivity index (χ2n) is 7.09. The zero-order valence-corrected chi connectivity index (χ0v) is 18.3. The highest BCUT2D eigenvalue weighted by Crippen LogP contribution is 2.32. The average molecular weight is 455 g/mol. The molecule has 162 valence electrons. The van der Waals surface area contributed by atoms with Crippen LogP contribution in [0.3, 0.4) is 0 Å². The summed E-state index contributed by atoms with van der Waals surface area (Å²) >= 11 is 1.27. The Labute approximate surface area is 192 Å². The van der Waals surface area contributed by atoms with Crippen molar-refractivity contribution >= 4 is 49.8 Å². The van der Waals surface area contributed by atoms with Gasteiger partial charge in [0.15, 0.2) is 0 Å². The smallest absolute Gasteiger partial charge is 0.349 e. The normalized spacial score (nSPS) is 11.3. The number of benzene rings is 3. The van der Waals surface area contributed by atoms with Gasteiger partial charge in [-0.3, -0.25) is 4.79 Å². The van der Waals surface area contributed by atoms with E-state index in [9.17, 15) is 9.59 Å². The van der Waals surface area contributed by atoms with Gasteiger partial charge < -0.3 is 9.15 Å². The van der Waals surface area contributed by atoms with Gasteiger partial charge in [0.05, 0.1) is 23.5 Å². The van der Waals surface area contributed by atoms with Crippen LogP contribution in [-0.4, -0.2) is 24.2 Å². The zero-order chi connectivity index (χ0) is 22.8. The van der Waals surface area contributed by atoms with Crippen LogP contribution in [0.1, 0.15) is 15.9 Å². The fourth-order valence-corrected chi connectivity index (χ4v) is 4.24. The quantitative estimate of drug-likeness (QED) is 0.209. The number of hydrazone groups is 1. The molecule has 0 unspecified atom stereocenters. The Balaban J connectivity index is 1.62. The zero-order valence-electron chi connectivity index (χ0n) is 17.5. The maximum Gasteiger partial charge on any atom is 0.349 e. The number of ether oxygens (including phenoxy) is 1. The molecule has 8 heteroatoms. The first kappa shape index (κ1) is 20.6. The number of fused-ring (bicyclic) bond motifs is 2. The Bertz CT molecular complexity index is 1560. The van der Waals surface area contributed by atoms with E-state index in [0.717, 1.165) is 15.3 Å². The van der Waals surface area contributed by atoms with E-state index in [4.69, 9.17) is 9.15 Å². The van der Waals surface area contributed by atoms with Crippen LogP contribution in [0.15, 0.2) is 93.2 Å². The summed E-state index contributed by atoms with van der Waals surface area (Å²) in [6, 6.07) is 23.3. The summed E-state index contributed by atoms with van der Waals surface area (Å²) in [5.74, 6) is 0.0474. The van der Waals surface area contributed by atoms with Crippen molar-refractivity contribution in [3.05, 3.63) is 100 Å². The second-order valence-corrected chi connectivity index (χ2v) is 8.10. The standard InChI is InChI=1S/C25H17N3O4S/c1-31-18-11-12-20-22(14-18)33-25(27-20)28(26-15-16-7-3-2-4-8-16)23(29)19-13-17-9-5-6-10-21(17)32-24(19)30/h2-15H,1H3/b26-15+. The van der Waals surface area contributed by atoms with Crippen molar-refractivity contribution in [2.24, 2.45) is 5.10 Å². The summed E-state index contributed by atoms with van der Waals surface area (Å²) in [5.41, 5.74) is 1.03. The fourth-order valence-electron chi connectivity index (χ4n) is 3.29. The van der Waals surface area contributed by atoms with Crippen LogP contribution >= 0.6 is 11.3 Å². The lowest BCUT2D eigenvalue weighted by atomic mass is 10.2. The highest BCUT2D eigenvalue weighted by Gasteiger charge is 2.25. The third kappa shape index (κ3) is 4.11. The van der Waals surface area contributed by atoms with Crippen molar-refractivity contribution < 1.29 is 13.9 Å². The Kier molecular flexibility index (Phi) is 5.42. The lowest BCUT2D eigenvalue weighted by Gasteiger charge is -2.13. The molecule has 0 atom stereocenters. The molecular weight excluding hydrogens is 438 g/mol. The first-order valence-corrected chi connectivity index (χ1v) is 10.8. The number of aromatic nitrogens is 1. The third-order valence-electron chi connectivity index (χ3n) is 4.95. The molecule has 0 fully saturated rings. The van der Waals surface area contributed by atoms with Gasteiger partial charge in [-0.2, -0.15) is 10.1 Å². The number of methoxy groups -OCH3 is 1. The molecule has 5 aromatic rings. The van der Waals surface area contributed by atoms with Gasteiger partial charge in [0.2, 0.25) is 5.13 Å².